The first-order valence-corrected chi connectivity index (χ1v) is 8.20. The summed E-state index contributed by atoms with van der Waals surface area (Å²) in [7, 11) is 1.48. The van der Waals surface area contributed by atoms with Gasteiger partial charge < -0.3 is 9.84 Å². The number of aromatic nitrogens is 2. The molecule has 0 fully saturated rings. The van der Waals surface area contributed by atoms with Crippen LogP contribution in [0.4, 0.5) is 0 Å². The minimum Gasteiger partial charge on any atom is -0.482 e. The summed E-state index contributed by atoms with van der Waals surface area (Å²) in [6.45, 7) is -0.427. The summed E-state index contributed by atoms with van der Waals surface area (Å²) in [4.78, 5) is 35.0. The van der Waals surface area contributed by atoms with E-state index >= 15 is 0 Å². The van der Waals surface area contributed by atoms with Crippen molar-refractivity contribution < 1.29 is 19.4 Å². The number of carboxylic acids is 1. The number of nitrogens with zero attached hydrogens (tertiary/aromatic N) is 3. The molecule has 0 spiro atoms. The van der Waals surface area contributed by atoms with Crippen LogP contribution in [0, 0.1) is 0 Å². The van der Waals surface area contributed by atoms with E-state index in [9.17, 15) is 14.4 Å². The second kappa shape index (κ2) is 8.12. The van der Waals surface area contributed by atoms with Crippen LogP contribution < -0.4 is 15.7 Å². The molecule has 9 nitrogen and oxygen atoms in total. The van der Waals surface area contributed by atoms with Crippen molar-refractivity contribution >= 4 is 28.9 Å². The van der Waals surface area contributed by atoms with Crippen LogP contribution in [-0.4, -0.2) is 39.6 Å². The number of hydrazone groups is 1. The van der Waals surface area contributed by atoms with Crippen LogP contribution in [-0.2, 0) is 11.8 Å². The van der Waals surface area contributed by atoms with Gasteiger partial charge in [0.1, 0.15) is 5.75 Å². The molecule has 3 aromatic rings. The molecular formula is C19H16N4O5. The summed E-state index contributed by atoms with van der Waals surface area (Å²) in [5.74, 6) is -1.21. The number of carbonyl (C=O) groups is 2. The molecular weight excluding hydrogens is 364 g/mol. The van der Waals surface area contributed by atoms with Gasteiger partial charge in [0.25, 0.3) is 11.5 Å². The number of carbonyl (C=O) groups excluding carboxylic acids is 1. The van der Waals surface area contributed by atoms with Crippen LogP contribution in [0.3, 0.4) is 0 Å². The Morgan fingerprint density at radius 1 is 1.18 bits per heavy atom. The van der Waals surface area contributed by atoms with Crippen LogP contribution in [0.25, 0.3) is 10.8 Å². The number of carboxylic acid groups (broad SMARTS) is 1. The lowest BCUT2D eigenvalue weighted by atomic mass is 10.1. The van der Waals surface area contributed by atoms with Crippen LogP contribution in [0.5, 0.6) is 5.75 Å². The van der Waals surface area contributed by atoms with Crippen molar-refractivity contribution in [3.8, 4) is 5.75 Å². The fourth-order valence-electron chi connectivity index (χ4n) is 2.48. The molecule has 0 saturated carbocycles. The van der Waals surface area contributed by atoms with Gasteiger partial charge in [0, 0.05) is 12.4 Å². The van der Waals surface area contributed by atoms with Gasteiger partial charge >= 0.3 is 5.97 Å². The molecule has 0 atom stereocenters. The lowest BCUT2D eigenvalue weighted by Crippen LogP contribution is -2.27. The highest BCUT2D eigenvalue weighted by Gasteiger charge is 2.14. The van der Waals surface area contributed by atoms with E-state index < -0.39 is 18.5 Å². The zero-order valence-electron chi connectivity index (χ0n) is 14.8. The van der Waals surface area contributed by atoms with Crippen molar-refractivity contribution in [1.29, 1.82) is 0 Å². The van der Waals surface area contributed by atoms with Crippen LogP contribution >= 0.6 is 0 Å². The molecule has 0 radical (unpaired) electrons. The molecule has 2 N–H and O–H groups in total. The third-order valence-electron chi connectivity index (χ3n) is 3.79. The summed E-state index contributed by atoms with van der Waals surface area (Å²) in [5, 5.41) is 17.3. The predicted octanol–water partition coefficient (Wildman–Crippen LogP) is 1.16. The summed E-state index contributed by atoms with van der Waals surface area (Å²) in [6.07, 6.45) is 1.42. The molecule has 28 heavy (non-hydrogen) atoms. The number of aryl methyl sites for hydroxylation is 1. The van der Waals surface area contributed by atoms with E-state index in [1.165, 1.54) is 13.3 Å². The summed E-state index contributed by atoms with van der Waals surface area (Å²) >= 11 is 0. The number of aliphatic carboxylic acids is 1. The van der Waals surface area contributed by atoms with E-state index in [4.69, 9.17) is 9.84 Å². The third kappa shape index (κ3) is 4.21. The molecule has 2 aromatic carbocycles. The van der Waals surface area contributed by atoms with Crippen LogP contribution in [0.2, 0.25) is 0 Å². The molecule has 1 amide bonds. The van der Waals surface area contributed by atoms with Crippen molar-refractivity contribution in [3.63, 3.8) is 0 Å². The smallest absolute Gasteiger partial charge is 0.341 e. The number of fused-ring (bicyclic) bond motifs is 1. The zero-order chi connectivity index (χ0) is 20.1. The van der Waals surface area contributed by atoms with Crippen molar-refractivity contribution in [1.82, 2.24) is 15.2 Å². The first kappa shape index (κ1) is 18.8. The van der Waals surface area contributed by atoms with Crippen molar-refractivity contribution in [2.75, 3.05) is 6.61 Å². The van der Waals surface area contributed by atoms with Crippen molar-refractivity contribution in [3.05, 3.63) is 70.1 Å². The van der Waals surface area contributed by atoms with Gasteiger partial charge in [-0.15, -0.1) is 0 Å². The average molecular weight is 380 g/mol. The van der Waals surface area contributed by atoms with Gasteiger partial charge in [-0.05, 0) is 35.9 Å². The topological polar surface area (TPSA) is 123 Å². The largest absolute Gasteiger partial charge is 0.482 e. The standard InChI is InChI=1S/C19H16N4O5/c1-23-19(27)15-5-3-2-4-14(15)17(22-23)18(26)21-20-10-12-6-8-13(9-7-12)28-11-16(24)25/h2-10H,11H2,1H3,(H,21,26)(H,24,25)/b20-10-. The minimum atomic E-state index is -1.06. The highest BCUT2D eigenvalue weighted by Crippen LogP contribution is 2.13. The Morgan fingerprint density at radius 2 is 1.86 bits per heavy atom. The molecule has 0 bridgehead atoms. The second-order valence-corrected chi connectivity index (χ2v) is 5.77. The maximum absolute atomic E-state index is 12.4. The first-order chi connectivity index (χ1) is 13.5. The van der Waals surface area contributed by atoms with E-state index in [1.54, 1.807) is 48.5 Å². The van der Waals surface area contributed by atoms with Gasteiger partial charge in [-0.2, -0.15) is 10.2 Å². The molecule has 0 aliphatic rings. The lowest BCUT2D eigenvalue weighted by Gasteiger charge is -2.06. The summed E-state index contributed by atoms with van der Waals surface area (Å²) in [6, 6.07) is 13.2. The fraction of sp³-hybridized carbons (Fsp3) is 0.105. The Kier molecular flexibility index (Phi) is 5.45. The molecule has 142 valence electrons. The molecule has 0 aliphatic heterocycles. The highest BCUT2D eigenvalue weighted by atomic mass is 16.5. The van der Waals surface area contributed by atoms with Crippen molar-refractivity contribution in [2.45, 2.75) is 0 Å². The van der Waals surface area contributed by atoms with E-state index in [0.29, 0.717) is 22.1 Å². The molecule has 0 aliphatic carbocycles. The molecule has 9 heteroatoms. The third-order valence-corrected chi connectivity index (χ3v) is 3.79. The average Bonchev–Trinajstić information content (AvgIpc) is 2.70. The minimum absolute atomic E-state index is 0.0901. The van der Waals surface area contributed by atoms with E-state index in [2.05, 4.69) is 15.6 Å². The van der Waals surface area contributed by atoms with Gasteiger partial charge in [0.2, 0.25) is 0 Å². The number of hydrogen-bond acceptors (Lipinski definition) is 6. The van der Waals surface area contributed by atoms with E-state index in [0.717, 1.165) is 4.68 Å². The van der Waals surface area contributed by atoms with Gasteiger partial charge in [-0.3, -0.25) is 9.59 Å². The monoisotopic (exact) mass is 380 g/mol. The van der Waals surface area contributed by atoms with Crippen molar-refractivity contribution in [2.24, 2.45) is 12.1 Å². The van der Waals surface area contributed by atoms with Gasteiger partial charge in [0.05, 0.1) is 11.6 Å². The summed E-state index contributed by atoms with van der Waals surface area (Å²) in [5.41, 5.74) is 2.85. The van der Waals surface area contributed by atoms with Crippen LogP contribution in [0.1, 0.15) is 16.1 Å². The predicted molar refractivity (Wildman–Crippen MR) is 102 cm³/mol. The lowest BCUT2D eigenvalue weighted by molar-refractivity contribution is -0.139. The van der Waals surface area contributed by atoms with E-state index in [1.807, 2.05) is 0 Å². The first-order valence-electron chi connectivity index (χ1n) is 8.20. The Labute approximate surface area is 158 Å². The zero-order valence-corrected chi connectivity index (χ0v) is 14.8. The highest BCUT2D eigenvalue weighted by molar-refractivity contribution is 6.04. The SMILES string of the molecule is Cn1nc(C(=O)N/N=C\c2ccc(OCC(=O)O)cc2)c2ccccc2c1=O. The van der Waals surface area contributed by atoms with Crippen LogP contribution in [0.15, 0.2) is 58.4 Å². The number of rotatable bonds is 6. The normalized spacial score (nSPS) is 10.9. The summed E-state index contributed by atoms with van der Waals surface area (Å²) < 4.78 is 6.14. The Balaban J connectivity index is 1.72. The molecule has 1 heterocycles. The number of nitrogens with one attached hydrogen (secondary N) is 1. The van der Waals surface area contributed by atoms with Gasteiger partial charge in [0.15, 0.2) is 12.3 Å². The fourth-order valence-corrected chi connectivity index (χ4v) is 2.48. The number of benzene rings is 2. The van der Waals surface area contributed by atoms with Gasteiger partial charge in [-0.1, -0.05) is 18.2 Å². The molecule has 1 aromatic heterocycles. The Hall–Kier alpha value is -4.01. The number of amides is 1. The van der Waals surface area contributed by atoms with Gasteiger partial charge in [-0.25, -0.2) is 14.9 Å². The second-order valence-electron chi connectivity index (χ2n) is 5.77. The molecule has 0 unspecified atom stereocenters. The number of ether oxygens (including phenoxy) is 1. The number of hydrogen-bond donors (Lipinski definition) is 2. The quantitative estimate of drug-likeness (QED) is 0.489. The molecule has 0 saturated heterocycles. The maximum atomic E-state index is 12.4. The maximum Gasteiger partial charge on any atom is 0.341 e. The Morgan fingerprint density at radius 3 is 2.54 bits per heavy atom. The Bertz CT molecular complexity index is 1120. The molecule has 3 rings (SSSR count). The van der Waals surface area contributed by atoms with E-state index in [-0.39, 0.29) is 11.3 Å².